The van der Waals surface area contributed by atoms with Crippen LogP contribution in [0.15, 0.2) is 77.7 Å². The fraction of sp³-hybridized carbons (Fsp3) is 0.345. The third-order valence-corrected chi connectivity index (χ3v) is 5.71. The lowest BCUT2D eigenvalue weighted by Crippen LogP contribution is -2.08. The minimum Gasteiger partial charge on any atom is -0.423 e. The standard InChI is InChI=1S/C29H32O2/c1-4-6-7-8-23-9-13-25(14-10-23)26-15-17-27(18-16-26)29(30)31-28-19-11-24(12-20-28)21-22(3)5-2/h9,11-13,15-20,22H,4-8,21H2,1-3H3. The summed E-state index contributed by atoms with van der Waals surface area (Å²) in [4.78, 5) is 12.5. The second-order valence-electron chi connectivity index (χ2n) is 8.31. The topological polar surface area (TPSA) is 26.3 Å². The Labute approximate surface area is 186 Å². The van der Waals surface area contributed by atoms with E-state index in [2.05, 4.69) is 44.4 Å². The van der Waals surface area contributed by atoms with Crippen LogP contribution < -0.4 is 4.74 Å². The van der Waals surface area contributed by atoms with Crippen molar-refractivity contribution in [2.24, 2.45) is 5.92 Å². The molecule has 0 amide bonds. The number of esters is 1. The van der Waals surface area contributed by atoms with Gasteiger partial charge in [0.15, 0.2) is 0 Å². The van der Waals surface area contributed by atoms with Gasteiger partial charge in [-0.15, -0.1) is 0 Å². The zero-order valence-electron chi connectivity index (χ0n) is 18.9. The van der Waals surface area contributed by atoms with Crippen molar-refractivity contribution in [2.45, 2.75) is 59.3 Å². The van der Waals surface area contributed by atoms with E-state index in [1.807, 2.05) is 36.4 Å². The molecule has 0 bridgehead atoms. The SMILES string of the molecule is CCCCCC1=C=C=C(c2ccc(C(=O)Oc3ccc(CC(C)CC)cc3)cc2)C=C1. The summed E-state index contributed by atoms with van der Waals surface area (Å²) in [7, 11) is 0. The molecule has 1 aliphatic carbocycles. The fourth-order valence-electron chi connectivity index (χ4n) is 3.49. The van der Waals surface area contributed by atoms with Gasteiger partial charge in [-0.1, -0.05) is 75.8 Å². The van der Waals surface area contributed by atoms with Gasteiger partial charge in [0.2, 0.25) is 0 Å². The predicted octanol–water partition coefficient (Wildman–Crippen LogP) is 7.71. The Morgan fingerprint density at radius 2 is 1.68 bits per heavy atom. The Bertz CT molecular complexity index is 1010. The van der Waals surface area contributed by atoms with Gasteiger partial charge in [0, 0.05) is 11.1 Å². The molecule has 3 rings (SSSR count). The van der Waals surface area contributed by atoms with Crippen LogP contribution in [0.2, 0.25) is 0 Å². The van der Waals surface area contributed by atoms with E-state index < -0.39 is 0 Å². The van der Waals surface area contributed by atoms with Gasteiger partial charge >= 0.3 is 5.97 Å². The highest BCUT2D eigenvalue weighted by atomic mass is 16.5. The van der Waals surface area contributed by atoms with Crippen molar-refractivity contribution in [2.75, 3.05) is 0 Å². The first-order valence-corrected chi connectivity index (χ1v) is 11.4. The molecule has 0 saturated carbocycles. The van der Waals surface area contributed by atoms with E-state index in [0.29, 0.717) is 17.2 Å². The van der Waals surface area contributed by atoms with Crippen LogP contribution >= 0.6 is 0 Å². The van der Waals surface area contributed by atoms with Crippen LogP contribution in [0.3, 0.4) is 0 Å². The third-order valence-electron chi connectivity index (χ3n) is 5.71. The molecule has 2 nitrogen and oxygen atoms in total. The molecule has 160 valence electrons. The van der Waals surface area contributed by atoms with E-state index in [1.54, 1.807) is 12.1 Å². The first kappa shape index (κ1) is 22.6. The Morgan fingerprint density at radius 3 is 2.29 bits per heavy atom. The van der Waals surface area contributed by atoms with Crippen LogP contribution in [0.4, 0.5) is 0 Å². The molecule has 0 aliphatic heterocycles. The van der Waals surface area contributed by atoms with Crippen LogP contribution in [0.5, 0.6) is 5.75 Å². The number of hydrogen-bond acceptors (Lipinski definition) is 2. The lowest BCUT2D eigenvalue weighted by atomic mass is 9.99. The summed E-state index contributed by atoms with van der Waals surface area (Å²) in [6.45, 7) is 6.66. The molecule has 1 atom stereocenters. The quantitative estimate of drug-likeness (QED) is 0.173. The summed E-state index contributed by atoms with van der Waals surface area (Å²) < 4.78 is 5.54. The molecule has 0 spiro atoms. The molecule has 0 fully saturated rings. The maximum atomic E-state index is 12.5. The van der Waals surface area contributed by atoms with Gasteiger partial charge in [0.05, 0.1) is 5.56 Å². The lowest BCUT2D eigenvalue weighted by molar-refractivity contribution is 0.0734. The highest BCUT2D eigenvalue weighted by Gasteiger charge is 2.10. The van der Waals surface area contributed by atoms with Gasteiger partial charge < -0.3 is 4.74 Å². The van der Waals surface area contributed by atoms with Crippen LogP contribution in [-0.4, -0.2) is 5.97 Å². The van der Waals surface area contributed by atoms with Crippen molar-refractivity contribution >= 4 is 11.5 Å². The van der Waals surface area contributed by atoms with Gasteiger partial charge in [-0.25, -0.2) is 4.79 Å². The zero-order valence-corrected chi connectivity index (χ0v) is 18.9. The molecular weight excluding hydrogens is 380 g/mol. The molecular formula is C29H32O2. The molecule has 0 saturated heterocycles. The molecule has 0 N–H and O–H groups in total. The normalized spacial score (nSPS) is 13.5. The van der Waals surface area contributed by atoms with Crippen molar-refractivity contribution in [3.05, 3.63) is 94.4 Å². The number of benzene rings is 2. The second kappa shape index (κ2) is 11.4. The number of ether oxygens (including phenoxy) is 1. The molecule has 0 heterocycles. The predicted molar refractivity (Wildman–Crippen MR) is 128 cm³/mol. The number of carbonyl (C=O) groups excluding carboxylic acids is 1. The third kappa shape index (κ3) is 6.72. The van der Waals surface area contributed by atoms with Gasteiger partial charge in [-0.05, 0) is 72.7 Å². The minimum atomic E-state index is -0.344. The van der Waals surface area contributed by atoms with Crippen LogP contribution in [0.1, 0.15) is 74.4 Å². The van der Waals surface area contributed by atoms with Gasteiger partial charge in [0.25, 0.3) is 0 Å². The van der Waals surface area contributed by atoms with Crippen molar-refractivity contribution < 1.29 is 9.53 Å². The molecule has 2 aromatic carbocycles. The summed E-state index contributed by atoms with van der Waals surface area (Å²) in [6, 6.07) is 15.3. The summed E-state index contributed by atoms with van der Waals surface area (Å²) in [5, 5.41) is 0. The first-order valence-electron chi connectivity index (χ1n) is 11.4. The Balaban J connectivity index is 1.62. The van der Waals surface area contributed by atoms with Gasteiger partial charge in [0.1, 0.15) is 5.75 Å². The number of hydrogen-bond donors (Lipinski definition) is 0. The molecule has 1 aliphatic rings. The second-order valence-corrected chi connectivity index (χ2v) is 8.31. The summed E-state index contributed by atoms with van der Waals surface area (Å²) in [5.74, 6) is 0.880. The van der Waals surface area contributed by atoms with E-state index >= 15 is 0 Å². The largest absolute Gasteiger partial charge is 0.423 e. The molecule has 0 radical (unpaired) electrons. The van der Waals surface area contributed by atoms with Crippen LogP contribution in [0, 0.1) is 5.92 Å². The Hall–Kier alpha value is -3.05. The highest BCUT2D eigenvalue weighted by Crippen LogP contribution is 2.22. The smallest absolute Gasteiger partial charge is 0.343 e. The molecule has 2 aromatic rings. The molecule has 0 aromatic heterocycles. The van der Waals surface area contributed by atoms with E-state index in [0.717, 1.165) is 30.4 Å². The van der Waals surface area contributed by atoms with E-state index in [-0.39, 0.29) is 5.97 Å². The van der Waals surface area contributed by atoms with Crippen LogP contribution in [-0.2, 0) is 6.42 Å². The number of carbonyl (C=O) groups is 1. The summed E-state index contributed by atoms with van der Waals surface area (Å²) >= 11 is 0. The monoisotopic (exact) mass is 412 g/mol. The van der Waals surface area contributed by atoms with E-state index in [9.17, 15) is 4.79 Å². The maximum Gasteiger partial charge on any atom is 0.343 e. The van der Waals surface area contributed by atoms with E-state index in [1.165, 1.54) is 30.4 Å². The number of unbranched alkanes of at least 4 members (excludes halogenated alkanes) is 2. The molecule has 31 heavy (non-hydrogen) atoms. The Kier molecular flexibility index (Phi) is 8.30. The minimum absolute atomic E-state index is 0.344. The zero-order chi connectivity index (χ0) is 22.1. The van der Waals surface area contributed by atoms with Crippen LogP contribution in [0.25, 0.3) is 5.57 Å². The number of allylic oxidation sites excluding steroid dienone is 4. The lowest BCUT2D eigenvalue weighted by Gasteiger charge is -2.09. The van der Waals surface area contributed by atoms with Gasteiger partial charge in [-0.3, -0.25) is 0 Å². The fourth-order valence-corrected chi connectivity index (χ4v) is 3.49. The van der Waals surface area contributed by atoms with Crippen molar-refractivity contribution in [1.29, 1.82) is 0 Å². The van der Waals surface area contributed by atoms with Gasteiger partial charge in [-0.2, -0.15) is 0 Å². The molecule has 1 unspecified atom stereocenters. The van der Waals surface area contributed by atoms with E-state index in [4.69, 9.17) is 4.74 Å². The maximum absolute atomic E-state index is 12.5. The first-order chi connectivity index (χ1) is 15.1. The average Bonchev–Trinajstić information content (AvgIpc) is 2.81. The Morgan fingerprint density at radius 1 is 0.935 bits per heavy atom. The molecule has 2 heteroatoms. The van der Waals surface area contributed by atoms with Crippen molar-refractivity contribution in [1.82, 2.24) is 0 Å². The number of rotatable bonds is 10. The average molecular weight is 413 g/mol. The summed E-state index contributed by atoms with van der Waals surface area (Å²) in [6.07, 6.45) is 11.1. The highest BCUT2D eigenvalue weighted by molar-refractivity contribution is 5.91. The van der Waals surface area contributed by atoms with Crippen molar-refractivity contribution in [3.63, 3.8) is 0 Å². The summed E-state index contributed by atoms with van der Waals surface area (Å²) in [5.41, 5.74) is 11.5. The van der Waals surface area contributed by atoms with Crippen molar-refractivity contribution in [3.8, 4) is 5.75 Å².